The Morgan fingerprint density at radius 1 is 1.15 bits per heavy atom. The van der Waals surface area contributed by atoms with Gasteiger partial charge in [-0.2, -0.15) is 0 Å². The lowest BCUT2D eigenvalue weighted by Crippen LogP contribution is -2.51. The normalized spacial score (nSPS) is 15.0. The number of carbonyl (C=O) groups excluding carboxylic acids is 2. The van der Waals surface area contributed by atoms with E-state index in [0.717, 1.165) is 47.7 Å². The number of nitrogens with zero attached hydrogens (tertiary/aromatic N) is 1. The molecule has 1 N–H and O–H groups in total. The van der Waals surface area contributed by atoms with E-state index in [4.69, 9.17) is 4.74 Å². The topological polar surface area (TPSA) is 58.6 Å². The summed E-state index contributed by atoms with van der Waals surface area (Å²) in [7, 11) is 0. The lowest BCUT2D eigenvalue weighted by Gasteiger charge is -2.31. The van der Waals surface area contributed by atoms with E-state index in [0.29, 0.717) is 12.3 Å². The zero-order valence-corrected chi connectivity index (χ0v) is 21.5. The van der Waals surface area contributed by atoms with Crippen LogP contribution in [-0.2, 0) is 22.6 Å². The average Bonchev–Trinajstić information content (AvgIpc) is 2.82. The summed E-state index contributed by atoms with van der Waals surface area (Å²) in [5, 5.41) is 3.17. The number of amides is 2. The molecule has 6 heteroatoms. The largest absolute Gasteiger partial charge is 0.483 e. The number of hydrogen-bond acceptors (Lipinski definition) is 3. The second kappa shape index (κ2) is 12.2. The van der Waals surface area contributed by atoms with Crippen LogP contribution >= 0.6 is 15.9 Å². The van der Waals surface area contributed by atoms with Gasteiger partial charge in [-0.3, -0.25) is 9.59 Å². The summed E-state index contributed by atoms with van der Waals surface area (Å²) < 4.78 is 6.68. The van der Waals surface area contributed by atoms with Gasteiger partial charge >= 0.3 is 0 Å². The van der Waals surface area contributed by atoms with Gasteiger partial charge in [0.15, 0.2) is 6.61 Å². The molecule has 0 aromatic heterocycles. The van der Waals surface area contributed by atoms with Crippen molar-refractivity contribution in [2.45, 2.75) is 77.9 Å². The van der Waals surface area contributed by atoms with Crippen molar-refractivity contribution in [3.05, 3.63) is 63.6 Å². The van der Waals surface area contributed by atoms with E-state index >= 15 is 0 Å². The first kappa shape index (κ1) is 25.3. The average molecular weight is 515 g/mol. The molecule has 1 atom stereocenters. The van der Waals surface area contributed by atoms with Crippen LogP contribution in [0.5, 0.6) is 5.75 Å². The van der Waals surface area contributed by atoms with E-state index in [1.807, 2.05) is 49.4 Å². The first-order chi connectivity index (χ1) is 15.9. The molecule has 1 aliphatic carbocycles. The maximum Gasteiger partial charge on any atom is 0.261 e. The highest BCUT2D eigenvalue weighted by atomic mass is 79.9. The third-order valence-corrected chi connectivity index (χ3v) is 7.10. The predicted octanol–water partition coefficient (Wildman–Crippen LogP) is 5.56. The van der Waals surface area contributed by atoms with Crippen LogP contribution in [0.1, 0.15) is 62.6 Å². The molecule has 178 valence electrons. The van der Waals surface area contributed by atoms with Crippen LogP contribution in [0, 0.1) is 6.92 Å². The van der Waals surface area contributed by atoms with Crippen molar-refractivity contribution in [1.82, 2.24) is 10.2 Å². The second-order valence-corrected chi connectivity index (χ2v) is 9.73. The third-order valence-electron chi connectivity index (χ3n) is 6.48. The van der Waals surface area contributed by atoms with Gasteiger partial charge in [-0.05, 0) is 77.9 Å². The van der Waals surface area contributed by atoms with Gasteiger partial charge in [0.2, 0.25) is 5.91 Å². The van der Waals surface area contributed by atoms with Crippen LogP contribution in [0.3, 0.4) is 0 Å². The summed E-state index contributed by atoms with van der Waals surface area (Å²) in [4.78, 5) is 28.0. The number of halogens is 1. The van der Waals surface area contributed by atoms with Crippen molar-refractivity contribution < 1.29 is 14.3 Å². The molecule has 1 aliphatic rings. The molecule has 0 spiro atoms. The van der Waals surface area contributed by atoms with Crippen molar-refractivity contribution in [2.24, 2.45) is 0 Å². The number of benzene rings is 2. The van der Waals surface area contributed by atoms with Gasteiger partial charge in [-0.25, -0.2) is 0 Å². The van der Waals surface area contributed by atoms with Gasteiger partial charge in [0, 0.05) is 12.6 Å². The molecule has 0 bridgehead atoms. The molecule has 1 fully saturated rings. The minimum atomic E-state index is -0.589. The van der Waals surface area contributed by atoms with E-state index in [1.165, 1.54) is 12.0 Å². The lowest BCUT2D eigenvalue weighted by molar-refractivity contribution is -0.142. The Bertz CT molecular complexity index is 956. The molecule has 0 radical (unpaired) electrons. The van der Waals surface area contributed by atoms with Gasteiger partial charge in [-0.1, -0.05) is 56.5 Å². The molecular formula is C27H35BrN2O3. The maximum absolute atomic E-state index is 13.3. The molecule has 0 aliphatic heterocycles. The number of ether oxygens (including phenoxy) is 1. The van der Waals surface area contributed by atoms with Crippen LogP contribution in [0.15, 0.2) is 46.9 Å². The monoisotopic (exact) mass is 514 g/mol. The van der Waals surface area contributed by atoms with Gasteiger partial charge < -0.3 is 15.0 Å². The fraction of sp³-hybridized carbons (Fsp3) is 0.481. The summed E-state index contributed by atoms with van der Waals surface area (Å²) in [6.07, 6.45) is 6.46. The minimum Gasteiger partial charge on any atom is -0.483 e. The Kier molecular flexibility index (Phi) is 9.36. The smallest absolute Gasteiger partial charge is 0.261 e. The Morgan fingerprint density at radius 3 is 2.55 bits per heavy atom. The molecule has 2 amide bonds. The standard InChI is InChI=1S/C27H35BrN2O3/c1-4-21-14-15-25(24(28)16-21)33-18-26(31)30(17-22-11-9-8-10-19(22)2)20(3)27(32)29-23-12-6-5-7-13-23/h8-11,14-16,20,23H,4-7,12-13,17-18H2,1-3H3,(H,29,32). The SMILES string of the molecule is CCc1ccc(OCC(=O)N(Cc2ccccc2C)C(C)C(=O)NC2CCCCC2)c(Br)c1. The number of carbonyl (C=O) groups is 2. The highest BCUT2D eigenvalue weighted by molar-refractivity contribution is 9.10. The molecule has 3 rings (SSSR count). The molecule has 1 unspecified atom stereocenters. The van der Waals surface area contributed by atoms with Gasteiger partial charge in [0.25, 0.3) is 5.91 Å². The molecular weight excluding hydrogens is 480 g/mol. The summed E-state index contributed by atoms with van der Waals surface area (Å²) >= 11 is 3.53. The van der Waals surface area contributed by atoms with Crippen molar-refractivity contribution in [3.8, 4) is 5.75 Å². The Labute approximate surface area is 206 Å². The number of rotatable bonds is 9. The number of nitrogens with one attached hydrogen (secondary N) is 1. The van der Waals surface area contributed by atoms with Crippen LogP contribution in [0.2, 0.25) is 0 Å². The van der Waals surface area contributed by atoms with E-state index < -0.39 is 6.04 Å². The van der Waals surface area contributed by atoms with E-state index in [2.05, 4.69) is 28.2 Å². The minimum absolute atomic E-state index is 0.0997. The van der Waals surface area contributed by atoms with Crippen molar-refractivity contribution in [3.63, 3.8) is 0 Å². The predicted molar refractivity (Wildman–Crippen MR) is 135 cm³/mol. The summed E-state index contributed by atoms with van der Waals surface area (Å²) in [5.41, 5.74) is 3.31. The first-order valence-corrected chi connectivity index (χ1v) is 12.7. The first-order valence-electron chi connectivity index (χ1n) is 11.9. The van der Waals surface area contributed by atoms with Crippen molar-refractivity contribution in [2.75, 3.05) is 6.61 Å². The van der Waals surface area contributed by atoms with Gasteiger partial charge in [0.1, 0.15) is 11.8 Å². The number of hydrogen-bond donors (Lipinski definition) is 1. The Morgan fingerprint density at radius 2 is 1.88 bits per heavy atom. The number of aryl methyl sites for hydroxylation is 2. The van der Waals surface area contributed by atoms with Crippen LogP contribution < -0.4 is 10.1 Å². The Hall–Kier alpha value is -2.34. The Balaban J connectivity index is 1.73. The molecule has 2 aromatic carbocycles. The summed E-state index contributed by atoms with van der Waals surface area (Å²) in [6, 6.07) is 13.4. The molecule has 0 saturated heterocycles. The third kappa shape index (κ3) is 7.07. The molecule has 1 saturated carbocycles. The maximum atomic E-state index is 13.3. The summed E-state index contributed by atoms with van der Waals surface area (Å²) in [5.74, 6) is 0.309. The molecule has 2 aromatic rings. The van der Waals surface area contributed by atoms with E-state index in [-0.39, 0.29) is 24.5 Å². The van der Waals surface area contributed by atoms with E-state index in [1.54, 1.807) is 11.8 Å². The van der Waals surface area contributed by atoms with Crippen molar-refractivity contribution >= 4 is 27.7 Å². The van der Waals surface area contributed by atoms with E-state index in [9.17, 15) is 9.59 Å². The van der Waals surface area contributed by atoms with Crippen LogP contribution in [0.25, 0.3) is 0 Å². The highest BCUT2D eigenvalue weighted by Crippen LogP contribution is 2.26. The lowest BCUT2D eigenvalue weighted by atomic mass is 9.95. The van der Waals surface area contributed by atoms with Crippen LogP contribution in [0.4, 0.5) is 0 Å². The second-order valence-electron chi connectivity index (χ2n) is 8.87. The molecule has 5 nitrogen and oxygen atoms in total. The fourth-order valence-corrected chi connectivity index (χ4v) is 4.77. The molecule has 33 heavy (non-hydrogen) atoms. The quantitative estimate of drug-likeness (QED) is 0.476. The van der Waals surface area contributed by atoms with Crippen LogP contribution in [-0.4, -0.2) is 35.4 Å². The zero-order chi connectivity index (χ0) is 23.8. The van der Waals surface area contributed by atoms with Gasteiger partial charge in [-0.15, -0.1) is 0 Å². The van der Waals surface area contributed by atoms with Gasteiger partial charge in [0.05, 0.1) is 4.47 Å². The fourth-order valence-electron chi connectivity index (χ4n) is 4.23. The molecule has 0 heterocycles. The zero-order valence-electron chi connectivity index (χ0n) is 19.9. The highest BCUT2D eigenvalue weighted by Gasteiger charge is 2.28. The van der Waals surface area contributed by atoms with Crippen molar-refractivity contribution in [1.29, 1.82) is 0 Å². The summed E-state index contributed by atoms with van der Waals surface area (Å²) in [6.45, 7) is 6.16.